The molecule has 0 aliphatic carbocycles. The van der Waals surface area contributed by atoms with E-state index in [1.165, 1.54) is 10.6 Å². The van der Waals surface area contributed by atoms with E-state index < -0.39 is 10.0 Å². The average Bonchev–Trinajstić information content (AvgIpc) is 3.04. The van der Waals surface area contributed by atoms with E-state index in [4.69, 9.17) is 4.74 Å². The van der Waals surface area contributed by atoms with Gasteiger partial charge in [-0.1, -0.05) is 27.7 Å². The summed E-state index contributed by atoms with van der Waals surface area (Å²) in [5.41, 5.74) is -0.199. The molecule has 1 aromatic rings. The van der Waals surface area contributed by atoms with Gasteiger partial charge in [-0.3, -0.25) is 0 Å². The highest BCUT2D eigenvalue weighted by atomic mass is 32.2. The van der Waals surface area contributed by atoms with Crippen LogP contribution in [0, 0.1) is 5.41 Å². The quantitative estimate of drug-likeness (QED) is 0.645. The van der Waals surface area contributed by atoms with Gasteiger partial charge in [0.25, 0.3) is 0 Å². The monoisotopic (exact) mass is 373 g/mol. The van der Waals surface area contributed by atoms with Crippen LogP contribution in [0.3, 0.4) is 0 Å². The second kappa shape index (κ2) is 9.14. The molecule has 0 fully saturated rings. The van der Waals surface area contributed by atoms with Crippen molar-refractivity contribution in [1.29, 1.82) is 0 Å². The van der Waals surface area contributed by atoms with E-state index in [2.05, 4.69) is 37.7 Å². The standard InChI is InChI=1S/C18H35N3O3S/c1-8-14(3)24-16(13-21(6)25(7,22)23)18(4,5)12-15(9-2)17-19-10-11-20-17/h10-11,14-16H,8-9,12-13H2,1-7H3,(H,19,20). The van der Waals surface area contributed by atoms with Gasteiger partial charge in [0.15, 0.2) is 0 Å². The fourth-order valence-electron chi connectivity index (χ4n) is 2.92. The molecule has 146 valence electrons. The zero-order valence-corrected chi connectivity index (χ0v) is 17.6. The number of hydrogen-bond acceptors (Lipinski definition) is 4. The summed E-state index contributed by atoms with van der Waals surface area (Å²) in [6.45, 7) is 10.9. The van der Waals surface area contributed by atoms with Gasteiger partial charge in [-0.15, -0.1) is 0 Å². The number of nitrogens with one attached hydrogen (secondary N) is 1. The Morgan fingerprint density at radius 2 is 1.96 bits per heavy atom. The van der Waals surface area contributed by atoms with Crippen molar-refractivity contribution in [2.75, 3.05) is 19.8 Å². The van der Waals surface area contributed by atoms with Crippen molar-refractivity contribution in [3.8, 4) is 0 Å². The fourth-order valence-corrected chi connectivity index (χ4v) is 3.33. The second-order valence-corrected chi connectivity index (χ2v) is 9.75. The summed E-state index contributed by atoms with van der Waals surface area (Å²) >= 11 is 0. The number of likely N-dealkylation sites (N-methyl/N-ethyl adjacent to an activating group) is 1. The first kappa shape index (κ1) is 22.1. The molecule has 0 aromatic carbocycles. The summed E-state index contributed by atoms with van der Waals surface area (Å²) in [5.74, 6) is 1.27. The molecule has 7 heteroatoms. The van der Waals surface area contributed by atoms with Gasteiger partial charge in [0.1, 0.15) is 5.82 Å². The minimum atomic E-state index is -3.24. The lowest BCUT2D eigenvalue weighted by Crippen LogP contribution is -2.45. The van der Waals surface area contributed by atoms with Gasteiger partial charge < -0.3 is 9.72 Å². The first-order valence-corrected chi connectivity index (χ1v) is 10.9. The van der Waals surface area contributed by atoms with Crippen molar-refractivity contribution in [2.24, 2.45) is 5.41 Å². The minimum Gasteiger partial charge on any atom is -0.373 e. The van der Waals surface area contributed by atoms with Gasteiger partial charge in [0.2, 0.25) is 10.0 Å². The van der Waals surface area contributed by atoms with Crippen LogP contribution in [0.5, 0.6) is 0 Å². The summed E-state index contributed by atoms with van der Waals surface area (Å²) in [5, 5.41) is 0. The number of imidazole rings is 1. The predicted molar refractivity (Wildman–Crippen MR) is 102 cm³/mol. The van der Waals surface area contributed by atoms with Crippen molar-refractivity contribution in [1.82, 2.24) is 14.3 Å². The number of nitrogens with zero attached hydrogens (tertiary/aromatic N) is 2. The molecule has 3 atom stereocenters. The summed E-state index contributed by atoms with van der Waals surface area (Å²) in [6, 6.07) is 0. The molecule has 0 bridgehead atoms. The smallest absolute Gasteiger partial charge is 0.211 e. The summed E-state index contributed by atoms with van der Waals surface area (Å²) < 4.78 is 31.4. The number of rotatable bonds is 11. The molecule has 0 aliphatic heterocycles. The van der Waals surface area contributed by atoms with Crippen molar-refractivity contribution < 1.29 is 13.2 Å². The molecule has 1 heterocycles. The third-order valence-corrected chi connectivity index (χ3v) is 6.28. The third-order valence-electron chi connectivity index (χ3n) is 5.00. The SMILES string of the molecule is CCC(C)OC(CN(C)S(C)(=O)=O)C(C)(C)CC(CC)c1ncc[nH]1. The number of H-pyrrole nitrogens is 1. The molecule has 0 spiro atoms. The average molecular weight is 374 g/mol. The second-order valence-electron chi connectivity index (χ2n) is 7.66. The molecule has 0 amide bonds. The van der Waals surface area contributed by atoms with Crippen LogP contribution < -0.4 is 0 Å². The zero-order chi connectivity index (χ0) is 19.3. The van der Waals surface area contributed by atoms with Crippen LogP contribution in [0.1, 0.15) is 65.6 Å². The Balaban J connectivity index is 2.99. The summed E-state index contributed by atoms with van der Waals surface area (Å²) in [4.78, 5) is 7.61. The number of sulfonamides is 1. The van der Waals surface area contributed by atoms with Crippen molar-refractivity contribution in [3.63, 3.8) is 0 Å². The van der Waals surface area contributed by atoms with Gasteiger partial charge in [-0.2, -0.15) is 0 Å². The maximum atomic E-state index is 11.9. The van der Waals surface area contributed by atoms with Crippen molar-refractivity contribution >= 4 is 10.0 Å². The number of hydrogen-bond donors (Lipinski definition) is 1. The van der Waals surface area contributed by atoms with E-state index in [1.54, 1.807) is 13.2 Å². The molecule has 3 unspecified atom stereocenters. The van der Waals surface area contributed by atoms with Crippen LogP contribution in [0.4, 0.5) is 0 Å². The molecular formula is C18H35N3O3S. The van der Waals surface area contributed by atoms with Crippen LogP contribution >= 0.6 is 0 Å². The van der Waals surface area contributed by atoms with Gasteiger partial charge in [-0.05, 0) is 31.6 Å². The molecule has 0 saturated heterocycles. The Labute approximate surface area is 153 Å². The normalized spacial score (nSPS) is 16.8. The zero-order valence-electron chi connectivity index (χ0n) is 16.7. The first-order valence-electron chi connectivity index (χ1n) is 9.07. The van der Waals surface area contributed by atoms with Crippen LogP contribution in [0.2, 0.25) is 0 Å². The molecule has 0 radical (unpaired) electrons. The lowest BCUT2D eigenvalue weighted by atomic mass is 9.76. The predicted octanol–water partition coefficient (Wildman–Crippen LogP) is 3.39. The fraction of sp³-hybridized carbons (Fsp3) is 0.833. The van der Waals surface area contributed by atoms with Crippen LogP contribution in [0.15, 0.2) is 12.4 Å². The molecule has 1 N–H and O–H groups in total. The van der Waals surface area contributed by atoms with Crippen molar-refractivity contribution in [2.45, 2.75) is 72.0 Å². The highest BCUT2D eigenvalue weighted by Gasteiger charge is 2.36. The van der Waals surface area contributed by atoms with Gasteiger partial charge >= 0.3 is 0 Å². The molecule has 0 aliphatic rings. The Morgan fingerprint density at radius 3 is 2.40 bits per heavy atom. The molecule has 25 heavy (non-hydrogen) atoms. The lowest BCUT2D eigenvalue weighted by molar-refractivity contribution is -0.0759. The van der Waals surface area contributed by atoms with E-state index in [9.17, 15) is 8.42 Å². The molecule has 0 saturated carbocycles. The Hall–Kier alpha value is -0.920. The third kappa shape index (κ3) is 6.72. The Morgan fingerprint density at radius 1 is 1.32 bits per heavy atom. The van der Waals surface area contributed by atoms with Gasteiger partial charge in [0.05, 0.1) is 18.5 Å². The van der Waals surface area contributed by atoms with Crippen molar-refractivity contribution in [3.05, 3.63) is 18.2 Å². The minimum absolute atomic E-state index is 0.0842. The van der Waals surface area contributed by atoms with Crippen LogP contribution in [-0.4, -0.2) is 54.7 Å². The maximum Gasteiger partial charge on any atom is 0.211 e. The van der Waals surface area contributed by atoms with E-state index in [0.717, 1.165) is 25.1 Å². The van der Waals surface area contributed by atoms with Gasteiger partial charge in [0, 0.05) is 31.9 Å². The molecule has 1 rings (SSSR count). The maximum absolute atomic E-state index is 11.9. The number of aromatic amines is 1. The first-order chi connectivity index (χ1) is 11.5. The Bertz CT molecular complexity index is 599. The van der Waals surface area contributed by atoms with Crippen LogP contribution in [0.25, 0.3) is 0 Å². The lowest BCUT2D eigenvalue weighted by Gasteiger charge is -2.39. The topological polar surface area (TPSA) is 75.3 Å². The molecular weight excluding hydrogens is 338 g/mol. The largest absolute Gasteiger partial charge is 0.373 e. The van der Waals surface area contributed by atoms with Gasteiger partial charge in [-0.25, -0.2) is 17.7 Å². The van der Waals surface area contributed by atoms with E-state index in [0.29, 0.717) is 6.54 Å². The highest BCUT2D eigenvalue weighted by Crippen LogP contribution is 2.37. The number of ether oxygens (including phenoxy) is 1. The van der Waals surface area contributed by atoms with E-state index in [1.807, 2.05) is 13.1 Å². The summed E-state index contributed by atoms with van der Waals surface area (Å²) in [6.07, 6.45) is 7.48. The molecule has 1 aromatic heterocycles. The molecule has 6 nitrogen and oxygen atoms in total. The Kier molecular flexibility index (Phi) is 8.09. The van der Waals surface area contributed by atoms with Crippen LogP contribution in [-0.2, 0) is 14.8 Å². The van der Waals surface area contributed by atoms with E-state index >= 15 is 0 Å². The van der Waals surface area contributed by atoms with E-state index in [-0.39, 0.29) is 23.5 Å². The highest BCUT2D eigenvalue weighted by molar-refractivity contribution is 7.88. The number of aromatic nitrogens is 2. The summed E-state index contributed by atoms with van der Waals surface area (Å²) in [7, 11) is -1.63.